The van der Waals surface area contributed by atoms with Crippen LogP contribution in [0.4, 0.5) is 0 Å². The first kappa shape index (κ1) is 14.8. The molecule has 0 radical (unpaired) electrons. The van der Waals surface area contributed by atoms with Gasteiger partial charge in [-0.25, -0.2) is 4.79 Å². The van der Waals surface area contributed by atoms with Gasteiger partial charge in [0.15, 0.2) is 0 Å². The molecule has 3 nitrogen and oxygen atoms in total. The van der Waals surface area contributed by atoms with Crippen LogP contribution in [0.25, 0.3) is 0 Å². The van der Waals surface area contributed by atoms with E-state index in [1.54, 1.807) is 12.1 Å². The van der Waals surface area contributed by atoms with Crippen LogP contribution in [0, 0.1) is 0 Å². The SMILES string of the molecule is O=C(O)c1ccc(CN2CCCC(c3ccccc3)C2)cc1. The topological polar surface area (TPSA) is 40.5 Å². The van der Waals surface area contributed by atoms with E-state index < -0.39 is 5.97 Å². The average Bonchev–Trinajstić information content (AvgIpc) is 2.56. The molecule has 114 valence electrons. The molecule has 1 unspecified atom stereocenters. The van der Waals surface area contributed by atoms with Crippen LogP contribution in [0.15, 0.2) is 54.6 Å². The lowest BCUT2D eigenvalue weighted by Gasteiger charge is -2.33. The van der Waals surface area contributed by atoms with E-state index in [0.29, 0.717) is 11.5 Å². The molecule has 2 aromatic carbocycles. The molecular formula is C19H21NO2. The number of likely N-dealkylation sites (tertiary alicyclic amines) is 1. The highest BCUT2D eigenvalue weighted by Gasteiger charge is 2.21. The molecular weight excluding hydrogens is 274 g/mol. The van der Waals surface area contributed by atoms with Crippen molar-refractivity contribution in [1.82, 2.24) is 4.90 Å². The maximum atomic E-state index is 10.9. The summed E-state index contributed by atoms with van der Waals surface area (Å²) in [6.07, 6.45) is 2.46. The van der Waals surface area contributed by atoms with Crippen LogP contribution >= 0.6 is 0 Å². The molecule has 0 amide bonds. The molecule has 0 saturated carbocycles. The van der Waals surface area contributed by atoms with E-state index in [1.165, 1.54) is 24.0 Å². The Bertz CT molecular complexity index is 622. The van der Waals surface area contributed by atoms with Gasteiger partial charge in [0.1, 0.15) is 0 Å². The number of piperidine rings is 1. The van der Waals surface area contributed by atoms with Gasteiger partial charge in [-0.15, -0.1) is 0 Å². The minimum absolute atomic E-state index is 0.351. The number of carboxylic acid groups (broad SMARTS) is 1. The van der Waals surface area contributed by atoms with Crippen LogP contribution in [-0.2, 0) is 6.54 Å². The monoisotopic (exact) mass is 295 g/mol. The number of carbonyl (C=O) groups is 1. The zero-order valence-electron chi connectivity index (χ0n) is 12.6. The van der Waals surface area contributed by atoms with Crippen LogP contribution in [0.1, 0.15) is 40.2 Å². The fourth-order valence-corrected chi connectivity index (χ4v) is 3.21. The molecule has 1 atom stereocenters. The number of carboxylic acids is 1. The van der Waals surface area contributed by atoms with Crippen LogP contribution in [0.5, 0.6) is 0 Å². The quantitative estimate of drug-likeness (QED) is 0.933. The van der Waals surface area contributed by atoms with E-state index in [1.807, 2.05) is 12.1 Å². The molecule has 2 aromatic rings. The summed E-state index contributed by atoms with van der Waals surface area (Å²) in [5.74, 6) is -0.262. The first-order chi connectivity index (χ1) is 10.7. The van der Waals surface area contributed by atoms with Crippen LogP contribution in [0.3, 0.4) is 0 Å². The number of hydrogen-bond donors (Lipinski definition) is 1. The first-order valence-electron chi connectivity index (χ1n) is 7.82. The third kappa shape index (κ3) is 3.55. The van der Waals surface area contributed by atoms with E-state index in [0.717, 1.165) is 19.6 Å². The minimum atomic E-state index is -0.867. The average molecular weight is 295 g/mol. The Hall–Kier alpha value is -2.13. The van der Waals surface area contributed by atoms with Gasteiger partial charge in [-0.2, -0.15) is 0 Å². The molecule has 3 heteroatoms. The largest absolute Gasteiger partial charge is 0.478 e. The maximum absolute atomic E-state index is 10.9. The van der Waals surface area contributed by atoms with E-state index in [-0.39, 0.29) is 0 Å². The number of aromatic carboxylic acids is 1. The fraction of sp³-hybridized carbons (Fsp3) is 0.316. The standard InChI is InChI=1S/C19H21NO2/c21-19(22)17-10-8-15(9-11-17)13-20-12-4-7-18(14-20)16-5-2-1-3-6-16/h1-3,5-6,8-11,18H,4,7,12-14H2,(H,21,22). The Balaban J connectivity index is 1.64. The molecule has 0 aliphatic carbocycles. The van der Waals surface area contributed by atoms with Gasteiger partial charge in [-0.1, -0.05) is 42.5 Å². The second-order valence-electron chi connectivity index (χ2n) is 5.99. The third-order valence-corrected chi connectivity index (χ3v) is 4.38. The molecule has 0 bridgehead atoms. The van der Waals surface area contributed by atoms with Crippen LogP contribution in [-0.4, -0.2) is 29.1 Å². The van der Waals surface area contributed by atoms with E-state index in [4.69, 9.17) is 5.11 Å². The fourth-order valence-electron chi connectivity index (χ4n) is 3.21. The lowest BCUT2D eigenvalue weighted by molar-refractivity contribution is 0.0697. The van der Waals surface area contributed by atoms with Gasteiger partial charge in [-0.05, 0) is 48.6 Å². The van der Waals surface area contributed by atoms with Gasteiger partial charge in [0.2, 0.25) is 0 Å². The Morgan fingerprint density at radius 2 is 1.82 bits per heavy atom. The maximum Gasteiger partial charge on any atom is 0.335 e. The van der Waals surface area contributed by atoms with Gasteiger partial charge in [-0.3, -0.25) is 4.90 Å². The highest BCUT2D eigenvalue weighted by Crippen LogP contribution is 2.27. The smallest absolute Gasteiger partial charge is 0.335 e. The van der Waals surface area contributed by atoms with Crippen molar-refractivity contribution in [2.45, 2.75) is 25.3 Å². The van der Waals surface area contributed by atoms with Crippen molar-refractivity contribution < 1.29 is 9.90 Å². The summed E-state index contributed by atoms with van der Waals surface area (Å²) in [5, 5.41) is 8.95. The highest BCUT2D eigenvalue weighted by molar-refractivity contribution is 5.87. The third-order valence-electron chi connectivity index (χ3n) is 4.38. The van der Waals surface area contributed by atoms with Gasteiger partial charge in [0.25, 0.3) is 0 Å². The van der Waals surface area contributed by atoms with Crippen molar-refractivity contribution in [1.29, 1.82) is 0 Å². The zero-order chi connectivity index (χ0) is 15.4. The molecule has 1 N–H and O–H groups in total. The van der Waals surface area contributed by atoms with E-state index in [9.17, 15) is 4.79 Å². The molecule has 22 heavy (non-hydrogen) atoms. The Morgan fingerprint density at radius 3 is 2.50 bits per heavy atom. The summed E-state index contributed by atoms with van der Waals surface area (Å²) in [6, 6.07) is 18.0. The van der Waals surface area contributed by atoms with Crippen molar-refractivity contribution in [3.63, 3.8) is 0 Å². The number of hydrogen-bond acceptors (Lipinski definition) is 2. The van der Waals surface area contributed by atoms with Crippen molar-refractivity contribution >= 4 is 5.97 Å². The van der Waals surface area contributed by atoms with Crippen LogP contribution in [0.2, 0.25) is 0 Å². The highest BCUT2D eigenvalue weighted by atomic mass is 16.4. The molecule has 3 rings (SSSR count). The van der Waals surface area contributed by atoms with Crippen molar-refractivity contribution in [2.24, 2.45) is 0 Å². The summed E-state index contributed by atoms with van der Waals surface area (Å²) in [6.45, 7) is 3.08. The van der Waals surface area contributed by atoms with Crippen molar-refractivity contribution in [2.75, 3.05) is 13.1 Å². The van der Waals surface area contributed by atoms with Crippen molar-refractivity contribution in [3.05, 3.63) is 71.3 Å². The molecule has 1 aliphatic heterocycles. The lowest BCUT2D eigenvalue weighted by Crippen LogP contribution is -2.33. The van der Waals surface area contributed by atoms with Gasteiger partial charge < -0.3 is 5.11 Å². The van der Waals surface area contributed by atoms with Gasteiger partial charge in [0, 0.05) is 13.1 Å². The van der Waals surface area contributed by atoms with Crippen molar-refractivity contribution in [3.8, 4) is 0 Å². The Labute approximate surface area is 131 Å². The van der Waals surface area contributed by atoms with Crippen LogP contribution < -0.4 is 0 Å². The summed E-state index contributed by atoms with van der Waals surface area (Å²) in [7, 11) is 0. The second kappa shape index (κ2) is 6.75. The molecule has 1 aliphatic rings. The van der Waals surface area contributed by atoms with Gasteiger partial charge >= 0.3 is 5.97 Å². The minimum Gasteiger partial charge on any atom is -0.478 e. The number of rotatable bonds is 4. The summed E-state index contributed by atoms with van der Waals surface area (Å²) in [5.41, 5.74) is 2.96. The molecule has 1 heterocycles. The summed E-state index contributed by atoms with van der Waals surface area (Å²) < 4.78 is 0. The summed E-state index contributed by atoms with van der Waals surface area (Å²) >= 11 is 0. The van der Waals surface area contributed by atoms with E-state index >= 15 is 0 Å². The Morgan fingerprint density at radius 1 is 1.09 bits per heavy atom. The Kier molecular flexibility index (Phi) is 4.54. The molecule has 1 saturated heterocycles. The number of nitrogens with zero attached hydrogens (tertiary/aromatic N) is 1. The normalized spacial score (nSPS) is 19.0. The lowest BCUT2D eigenvalue weighted by atomic mass is 9.90. The molecule has 0 aromatic heterocycles. The van der Waals surface area contributed by atoms with E-state index in [2.05, 4.69) is 35.2 Å². The molecule has 0 spiro atoms. The second-order valence-corrected chi connectivity index (χ2v) is 5.99. The molecule has 1 fully saturated rings. The first-order valence-corrected chi connectivity index (χ1v) is 7.82. The predicted molar refractivity (Wildman–Crippen MR) is 87.1 cm³/mol. The zero-order valence-corrected chi connectivity index (χ0v) is 12.6. The number of benzene rings is 2. The van der Waals surface area contributed by atoms with Gasteiger partial charge in [0.05, 0.1) is 5.56 Å². The summed E-state index contributed by atoms with van der Waals surface area (Å²) in [4.78, 5) is 13.4. The predicted octanol–water partition coefficient (Wildman–Crippen LogP) is 3.76.